The minimum Gasteiger partial charge on any atom is -0.354 e. The lowest BCUT2D eigenvalue weighted by Crippen LogP contribution is -2.36. The van der Waals surface area contributed by atoms with Crippen LogP contribution in [0.15, 0.2) is 18.2 Å². The van der Waals surface area contributed by atoms with Crippen molar-refractivity contribution in [3.05, 3.63) is 29.0 Å². The lowest BCUT2D eigenvalue weighted by molar-refractivity contribution is -0.122. The van der Waals surface area contributed by atoms with Gasteiger partial charge in [-0.2, -0.15) is 0 Å². The fourth-order valence-electron chi connectivity index (χ4n) is 2.70. The number of aromatic nitrogens is 2. The van der Waals surface area contributed by atoms with Crippen molar-refractivity contribution in [3.8, 4) is 0 Å². The summed E-state index contributed by atoms with van der Waals surface area (Å²) in [7, 11) is 0. The van der Waals surface area contributed by atoms with E-state index in [1.807, 2.05) is 25.1 Å². The van der Waals surface area contributed by atoms with Crippen molar-refractivity contribution in [2.45, 2.75) is 31.2 Å². The van der Waals surface area contributed by atoms with E-state index in [-0.39, 0.29) is 17.3 Å². The van der Waals surface area contributed by atoms with Gasteiger partial charge in [0, 0.05) is 18.0 Å². The summed E-state index contributed by atoms with van der Waals surface area (Å²) < 4.78 is 2.14. The maximum absolute atomic E-state index is 11.3. The fraction of sp³-hybridized carbons (Fsp3) is 0.429. The number of fused-ring (bicyclic) bond motifs is 1. The third-order valence-corrected chi connectivity index (χ3v) is 4.07. The van der Waals surface area contributed by atoms with Gasteiger partial charge in [0.05, 0.1) is 22.5 Å². The maximum atomic E-state index is 11.3. The number of alkyl halides is 1. The van der Waals surface area contributed by atoms with E-state index in [2.05, 4.69) is 14.9 Å². The van der Waals surface area contributed by atoms with Crippen molar-refractivity contribution in [2.75, 3.05) is 6.54 Å². The third-order valence-electron chi connectivity index (χ3n) is 3.64. The standard InChI is InChI=1S/C14H15Cl2N3O/c1-8(15)14-18-11-6-9(16)2-4-12(11)19(14)10-3-5-13(20)17-7-10/h2,4,6,8,10H,3,5,7H2,1H3,(H,17,20). The summed E-state index contributed by atoms with van der Waals surface area (Å²) in [6.45, 7) is 2.52. The molecular formula is C14H15Cl2N3O. The van der Waals surface area contributed by atoms with Crippen LogP contribution in [0.2, 0.25) is 5.02 Å². The van der Waals surface area contributed by atoms with Gasteiger partial charge >= 0.3 is 0 Å². The predicted octanol–water partition coefficient (Wildman–Crippen LogP) is 3.44. The average molecular weight is 312 g/mol. The Morgan fingerprint density at radius 2 is 2.30 bits per heavy atom. The Labute approximate surface area is 127 Å². The molecule has 2 heterocycles. The summed E-state index contributed by atoms with van der Waals surface area (Å²) in [5.41, 5.74) is 1.86. The van der Waals surface area contributed by atoms with Crippen LogP contribution in [-0.2, 0) is 4.79 Å². The number of halogens is 2. The van der Waals surface area contributed by atoms with E-state index in [9.17, 15) is 4.79 Å². The molecule has 2 aromatic rings. The summed E-state index contributed by atoms with van der Waals surface area (Å²) >= 11 is 12.3. The predicted molar refractivity (Wildman–Crippen MR) is 80.3 cm³/mol. The molecule has 1 aliphatic heterocycles. The molecule has 1 fully saturated rings. The minimum atomic E-state index is -0.196. The molecule has 1 aromatic heterocycles. The summed E-state index contributed by atoms with van der Waals surface area (Å²) in [6, 6.07) is 5.85. The Morgan fingerprint density at radius 1 is 1.50 bits per heavy atom. The number of amides is 1. The highest BCUT2D eigenvalue weighted by molar-refractivity contribution is 6.31. The van der Waals surface area contributed by atoms with Gasteiger partial charge in [0.2, 0.25) is 5.91 Å². The largest absolute Gasteiger partial charge is 0.354 e. The highest BCUT2D eigenvalue weighted by atomic mass is 35.5. The van der Waals surface area contributed by atoms with Crippen molar-refractivity contribution >= 4 is 40.1 Å². The van der Waals surface area contributed by atoms with Crippen LogP contribution in [0.5, 0.6) is 0 Å². The molecule has 2 atom stereocenters. The number of nitrogens with zero attached hydrogens (tertiary/aromatic N) is 2. The van der Waals surface area contributed by atoms with Gasteiger partial charge in [-0.1, -0.05) is 11.6 Å². The van der Waals surface area contributed by atoms with Crippen LogP contribution in [0.1, 0.15) is 37.0 Å². The molecule has 1 amide bonds. The molecule has 20 heavy (non-hydrogen) atoms. The Bertz CT molecular complexity index is 656. The zero-order valence-corrected chi connectivity index (χ0v) is 12.6. The van der Waals surface area contributed by atoms with Crippen LogP contribution in [0.4, 0.5) is 0 Å². The number of rotatable bonds is 2. The van der Waals surface area contributed by atoms with E-state index in [1.54, 1.807) is 0 Å². The monoisotopic (exact) mass is 311 g/mol. The number of carbonyl (C=O) groups is 1. The summed E-state index contributed by atoms with van der Waals surface area (Å²) in [5.74, 6) is 0.930. The Morgan fingerprint density at radius 3 is 2.95 bits per heavy atom. The summed E-state index contributed by atoms with van der Waals surface area (Å²) in [5, 5.41) is 3.37. The molecule has 106 valence electrons. The van der Waals surface area contributed by atoms with Crippen LogP contribution in [-0.4, -0.2) is 22.0 Å². The molecular weight excluding hydrogens is 297 g/mol. The first-order valence-corrected chi connectivity index (χ1v) is 7.46. The van der Waals surface area contributed by atoms with E-state index in [0.29, 0.717) is 18.0 Å². The molecule has 0 saturated carbocycles. The molecule has 0 bridgehead atoms. The van der Waals surface area contributed by atoms with Crippen molar-refractivity contribution in [2.24, 2.45) is 0 Å². The zero-order chi connectivity index (χ0) is 14.3. The van der Waals surface area contributed by atoms with Gasteiger partial charge in [0.15, 0.2) is 0 Å². The molecule has 0 radical (unpaired) electrons. The summed E-state index contributed by atoms with van der Waals surface area (Å²) in [6.07, 6.45) is 1.34. The fourth-order valence-corrected chi connectivity index (χ4v) is 3.02. The van der Waals surface area contributed by atoms with Gasteiger partial charge in [0.25, 0.3) is 0 Å². The molecule has 6 heteroatoms. The highest BCUT2D eigenvalue weighted by Crippen LogP contribution is 2.31. The Hall–Kier alpha value is -1.26. The van der Waals surface area contributed by atoms with Gasteiger partial charge < -0.3 is 9.88 Å². The molecule has 1 aliphatic rings. The van der Waals surface area contributed by atoms with Crippen molar-refractivity contribution in [3.63, 3.8) is 0 Å². The average Bonchev–Trinajstić information content (AvgIpc) is 2.78. The number of hydrogen-bond acceptors (Lipinski definition) is 2. The second kappa shape index (κ2) is 5.26. The molecule has 1 N–H and O–H groups in total. The van der Waals surface area contributed by atoms with E-state index >= 15 is 0 Å². The zero-order valence-electron chi connectivity index (χ0n) is 11.1. The van der Waals surface area contributed by atoms with Gasteiger partial charge in [0.1, 0.15) is 5.82 Å². The van der Waals surface area contributed by atoms with Gasteiger partial charge in [-0.05, 0) is 31.5 Å². The molecule has 0 spiro atoms. The molecule has 1 aromatic carbocycles. The van der Waals surface area contributed by atoms with Gasteiger partial charge in [-0.25, -0.2) is 4.98 Å². The van der Waals surface area contributed by atoms with Crippen LogP contribution >= 0.6 is 23.2 Å². The van der Waals surface area contributed by atoms with Crippen LogP contribution in [0.3, 0.4) is 0 Å². The van der Waals surface area contributed by atoms with Crippen molar-refractivity contribution in [1.82, 2.24) is 14.9 Å². The topological polar surface area (TPSA) is 46.9 Å². The molecule has 2 unspecified atom stereocenters. The second-order valence-corrected chi connectivity index (χ2v) is 6.18. The SMILES string of the molecule is CC(Cl)c1nc2cc(Cl)ccc2n1C1CCC(=O)NC1. The number of nitrogens with one attached hydrogen (secondary N) is 1. The van der Waals surface area contributed by atoms with E-state index in [0.717, 1.165) is 23.3 Å². The smallest absolute Gasteiger partial charge is 0.220 e. The highest BCUT2D eigenvalue weighted by Gasteiger charge is 2.25. The molecule has 4 nitrogen and oxygen atoms in total. The van der Waals surface area contributed by atoms with E-state index in [4.69, 9.17) is 23.2 Å². The number of imidazole rings is 1. The van der Waals surface area contributed by atoms with Crippen molar-refractivity contribution in [1.29, 1.82) is 0 Å². The third kappa shape index (κ3) is 2.38. The molecule has 0 aliphatic carbocycles. The second-order valence-electron chi connectivity index (χ2n) is 5.09. The van der Waals surface area contributed by atoms with E-state index < -0.39 is 0 Å². The lowest BCUT2D eigenvalue weighted by atomic mass is 10.1. The number of benzene rings is 1. The van der Waals surface area contributed by atoms with Crippen molar-refractivity contribution < 1.29 is 4.79 Å². The summed E-state index contributed by atoms with van der Waals surface area (Å²) in [4.78, 5) is 15.9. The maximum Gasteiger partial charge on any atom is 0.220 e. The molecule has 3 rings (SSSR count). The first-order valence-electron chi connectivity index (χ1n) is 6.64. The quantitative estimate of drug-likeness (QED) is 0.864. The van der Waals surface area contributed by atoms with Gasteiger partial charge in [-0.3, -0.25) is 4.79 Å². The normalized spacial score (nSPS) is 20.9. The lowest BCUT2D eigenvalue weighted by Gasteiger charge is -2.26. The van der Waals surface area contributed by atoms with Crippen LogP contribution in [0, 0.1) is 0 Å². The number of hydrogen-bond donors (Lipinski definition) is 1. The van der Waals surface area contributed by atoms with Gasteiger partial charge in [-0.15, -0.1) is 11.6 Å². The first-order chi connectivity index (χ1) is 9.56. The number of piperidine rings is 1. The first kappa shape index (κ1) is 13.7. The molecule has 1 saturated heterocycles. The number of carbonyl (C=O) groups excluding carboxylic acids is 1. The Kier molecular flexibility index (Phi) is 3.61. The Balaban J connectivity index is 2.11. The minimum absolute atomic E-state index is 0.106. The van der Waals surface area contributed by atoms with E-state index in [1.165, 1.54) is 0 Å². The van der Waals surface area contributed by atoms with Crippen LogP contribution < -0.4 is 5.32 Å². The van der Waals surface area contributed by atoms with Crippen LogP contribution in [0.25, 0.3) is 11.0 Å².